The molecule has 2 heterocycles. The molecular weight excluding hydrogens is 426 g/mol. The quantitative estimate of drug-likeness (QED) is 0.446. The first kappa shape index (κ1) is 19.8. The zero-order chi connectivity index (χ0) is 21.1. The molecule has 30 heavy (non-hydrogen) atoms. The maximum atomic E-state index is 12.9. The summed E-state index contributed by atoms with van der Waals surface area (Å²) in [4.78, 5) is 20.6. The van der Waals surface area contributed by atoms with Gasteiger partial charge >= 0.3 is 0 Å². The van der Waals surface area contributed by atoms with Crippen molar-refractivity contribution < 1.29 is 17.6 Å². The van der Waals surface area contributed by atoms with Crippen LogP contribution in [0.5, 0.6) is 0 Å². The molecule has 1 N–H and O–H groups in total. The molecule has 0 saturated carbocycles. The van der Waals surface area contributed by atoms with Gasteiger partial charge in [0.1, 0.15) is 0 Å². The molecule has 9 heteroatoms. The highest BCUT2D eigenvalue weighted by Gasteiger charge is 2.20. The molecule has 0 atom stereocenters. The Bertz CT molecular complexity index is 1290. The Labute approximate surface area is 177 Å². The number of anilines is 1. The number of halogens is 1. The number of nitrogens with zero attached hydrogens (tertiary/aromatic N) is 2. The number of rotatable bonds is 6. The molecule has 0 aliphatic heterocycles. The van der Waals surface area contributed by atoms with Gasteiger partial charge in [0.15, 0.2) is 17.9 Å². The molecule has 0 radical (unpaired) electrons. The van der Waals surface area contributed by atoms with Crippen molar-refractivity contribution >= 4 is 33.1 Å². The first-order valence-corrected chi connectivity index (χ1v) is 10.6. The summed E-state index contributed by atoms with van der Waals surface area (Å²) in [6.45, 7) is 0. The third-order valence-corrected chi connectivity index (χ3v) is 5.91. The van der Waals surface area contributed by atoms with Gasteiger partial charge in [0.05, 0.1) is 16.8 Å². The molecular formula is C21H14ClN3O4S. The fourth-order valence-electron chi connectivity index (χ4n) is 2.81. The number of benzene rings is 2. The van der Waals surface area contributed by atoms with Crippen molar-refractivity contribution in [2.45, 2.75) is 4.90 Å². The molecule has 0 aliphatic carbocycles. The van der Waals surface area contributed by atoms with Crippen LogP contribution in [-0.4, -0.2) is 24.2 Å². The number of sulfonamides is 1. The van der Waals surface area contributed by atoms with Crippen LogP contribution >= 0.6 is 11.6 Å². The van der Waals surface area contributed by atoms with Crippen LogP contribution in [0.25, 0.3) is 11.3 Å². The van der Waals surface area contributed by atoms with E-state index in [2.05, 4.69) is 14.7 Å². The van der Waals surface area contributed by atoms with E-state index < -0.39 is 10.0 Å². The Hall–Kier alpha value is -3.49. The molecule has 7 nitrogen and oxygen atoms in total. The third-order valence-electron chi connectivity index (χ3n) is 4.29. The van der Waals surface area contributed by atoms with Gasteiger partial charge < -0.3 is 4.42 Å². The Morgan fingerprint density at radius 3 is 2.37 bits per heavy atom. The minimum Gasteiger partial charge on any atom is -0.444 e. The summed E-state index contributed by atoms with van der Waals surface area (Å²) < 4.78 is 33.5. The molecule has 4 aromatic rings. The van der Waals surface area contributed by atoms with E-state index in [0.29, 0.717) is 21.9 Å². The standard InChI is InChI=1S/C21H14ClN3O4S/c22-16-3-6-19(18(11-16)21(26)15-7-9-23-10-8-15)25-30(27,28)17-4-1-14(2-5-17)20-12-24-13-29-20/h1-13,25H. The molecule has 2 aromatic heterocycles. The normalized spacial score (nSPS) is 11.2. The van der Waals surface area contributed by atoms with E-state index in [-0.39, 0.29) is 21.9 Å². The number of oxazole rings is 1. The van der Waals surface area contributed by atoms with E-state index >= 15 is 0 Å². The van der Waals surface area contributed by atoms with Crippen LogP contribution in [0, 0.1) is 0 Å². The summed E-state index contributed by atoms with van der Waals surface area (Å²) in [6.07, 6.45) is 5.80. The molecule has 0 fully saturated rings. The molecule has 0 unspecified atom stereocenters. The summed E-state index contributed by atoms with van der Waals surface area (Å²) in [5.41, 5.74) is 1.31. The lowest BCUT2D eigenvalue weighted by Gasteiger charge is -2.13. The first-order chi connectivity index (χ1) is 14.4. The zero-order valence-corrected chi connectivity index (χ0v) is 16.9. The number of aromatic nitrogens is 2. The Morgan fingerprint density at radius 2 is 1.70 bits per heavy atom. The van der Waals surface area contributed by atoms with Crippen LogP contribution in [0.3, 0.4) is 0 Å². The Morgan fingerprint density at radius 1 is 0.967 bits per heavy atom. The Kier molecular flexibility index (Phi) is 5.35. The molecule has 150 valence electrons. The number of ketones is 1. The zero-order valence-electron chi connectivity index (χ0n) is 15.3. The van der Waals surface area contributed by atoms with Crippen LogP contribution in [-0.2, 0) is 10.0 Å². The van der Waals surface area contributed by atoms with Crippen molar-refractivity contribution in [2.75, 3.05) is 4.72 Å². The highest BCUT2D eigenvalue weighted by Crippen LogP contribution is 2.27. The summed E-state index contributed by atoms with van der Waals surface area (Å²) >= 11 is 6.05. The Balaban J connectivity index is 1.66. The molecule has 0 bridgehead atoms. The predicted octanol–water partition coefficient (Wildman–Crippen LogP) is 4.42. The van der Waals surface area contributed by atoms with Gasteiger partial charge in [-0.15, -0.1) is 0 Å². The van der Waals surface area contributed by atoms with Crippen molar-refractivity contribution in [3.8, 4) is 11.3 Å². The minimum atomic E-state index is -3.95. The second-order valence-corrected chi connectivity index (χ2v) is 8.37. The van der Waals surface area contributed by atoms with E-state index in [0.717, 1.165) is 0 Å². The number of carbonyl (C=O) groups is 1. The summed E-state index contributed by atoms with van der Waals surface area (Å²) in [5.74, 6) is 0.146. The predicted molar refractivity (Wildman–Crippen MR) is 112 cm³/mol. The average molecular weight is 440 g/mol. The largest absolute Gasteiger partial charge is 0.444 e. The maximum Gasteiger partial charge on any atom is 0.261 e. The fraction of sp³-hybridized carbons (Fsp3) is 0. The second kappa shape index (κ2) is 8.10. The van der Waals surface area contributed by atoms with E-state index in [1.165, 1.54) is 55.3 Å². The van der Waals surface area contributed by atoms with Gasteiger partial charge in [0.25, 0.3) is 10.0 Å². The molecule has 4 rings (SSSR count). The molecule has 0 aliphatic rings. The lowest BCUT2D eigenvalue weighted by atomic mass is 10.0. The summed E-state index contributed by atoms with van der Waals surface area (Å²) in [7, 11) is -3.95. The van der Waals surface area contributed by atoms with Gasteiger partial charge in [0.2, 0.25) is 0 Å². The van der Waals surface area contributed by atoms with Crippen molar-refractivity contribution in [3.05, 3.63) is 95.7 Å². The van der Waals surface area contributed by atoms with Gasteiger partial charge in [0, 0.05) is 34.1 Å². The van der Waals surface area contributed by atoms with Crippen LogP contribution in [0.15, 0.2) is 88.9 Å². The van der Waals surface area contributed by atoms with E-state index in [1.807, 2.05) is 0 Å². The van der Waals surface area contributed by atoms with Crippen molar-refractivity contribution in [1.29, 1.82) is 0 Å². The van der Waals surface area contributed by atoms with Gasteiger partial charge in [-0.05, 0) is 54.6 Å². The smallest absolute Gasteiger partial charge is 0.261 e. The van der Waals surface area contributed by atoms with Gasteiger partial charge in [-0.3, -0.25) is 14.5 Å². The summed E-state index contributed by atoms with van der Waals surface area (Å²) in [5, 5.41) is 0.312. The van der Waals surface area contributed by atoms with Crippen molar-refractivity contribution in [3.63, 3.8) is 0 Å². The van der Waals surface area contributed by atoms with E-state index in [9.17, 15) is 13.2 Å². The second-order valence-electron chi connectivity index (χ2n) is 6.25. The number of hydrogen-bond acceptors (Lipinski definition) is 6. The fourth-order valence-corrected chi connectivity index (χ4v) is 4.06. The van der Waals surface area contributed by atoms with E-state index in [4.69, 9.17) is 16.0 Å². The molecule has 0 spiro atoms. The lowest BCUT2D eigenvalue weighted by Crippen LogP contribution is -2.16. The first-order valence-electron chi connectivity index (χ1n) is 8.70. The van der Waals surface area contributed by atoms with Gasteiger partial charge in [-0.1, -0.05) is 11.6 Å². The molecule has 0 saturated heterocycles. The number of carbonyl (C=O) groups excluding carboxylic acids is 1. The minimum absolute atomic E-state index is 0.0306. The molecule has 0 amide bonds. The number of pyridine rings is 1. The average Bonchev–Trinajstić information content (AvgIpc) is 3.30. The highest BCUT2D eigenvalue weighted by atomic mass is 35.5. The van der Waals surface area contributed by atoms with Crippen molar-refractivity contribution in [2.24, 2.45) is 0 Å². The van der Waals surface area contributed by atoms with Crippen LogP contribution < -0.4 is 4.72 Å². The van der Waals surface area contributed by atoms with Crippen LogP contribution in [0.2, 0.25) is 5.02 Å². The third kappa shape index (κ3) is 4.10. The van der Waals surface area contributed by atoms with Crippen molar-refractivity contribution in [1.82, 2.24) is 9.97 Å². The van der Waals surface area contributed by atoms with Crippen LogP contribution in [0.4, 0.5) is 5.69 Å². The lowest BCUT2D eigenvalue weighted by molar-refractivity contribution is 0.103. The highest BCUT2D eigenvalue weighted by molar-refractivity contribution is 7.92. The van der Waals surface area contributed by atoms with Crippen LogP contribution in [0.1, 0.15) is 15.9 Å². The van der Waals surface area contributed by atoms with E-state index in [1.54, 1.807) is 24.3 Å². The summed E-state index contributed by atoms with van der Waals surface area (Å²) in [6, 6.07) is 13.6. The van der Waals surface area contributed by atoms with Gasteiger partial charge in [-0.25, -0.2) is 13.4 Å². The molecule has 2 aromatic carbocycles. The number of hydrogen-bond donors (Lipinski definition) is 1. The SMILES string of the molecule is O=C(c1ccncc1)c1cc(Cl)ccc1NS(=O)(=O)c1ccc(-c2cnco2)cc1. The monoisotopic (exact) mass is 439 g/mol. The number of nitrogens with one attached hydrogen (secondary N) is 1. The topological polar surface area (TPSA) is 102 Å². The van der Waals surface area contributed by atoms with Gasteiger partial charge in [-0.2, -0.15) is 0 Å². The maximum absolute atomic E-state index is 12.9.